The molecule has 1 aliphatic heterocycles. The molecule has 1 aliphatic rings. The third-order valence-electron chi connectivity index (χ3n) is 5.79. The second-order valence-corrected chi connectivity index (χ2v) is 10.7. The molecule has 0 aliphatic carbocycles. The number of methoxy groups -OCH3 is 1. The van der Waals surface area contributed by atoms with E-state index in [1.165, 1.54) is 4.88 Å². The fourth-order valence-electron chi connectivity index (χ4n) is 4.11. The monoisotopic (exact) mass is 502 g/mol. The molecule has 0 spiro atoms. The minimum atomic E-state index is -0.695. The van der Waals surface area contributed by atoms with Gasteiger partial charge in [0.15, 0.2) is 0 Å². The molecule has 0 bridgehead atoms. The number of aliphatic hydroxyl groups is 1. The highest BCUT2D eigenvalue weighted by Gasteiger charge is 2.33. The van der Waals surface area contributed by atoms with E-state index in [-0.39, 0.29) is 30.7 Å². The molecule has 35 heavy (non-hydrogen) atoms. The lowest BCUT2D eigenvalue weighted by molar-refractivity contribution is -0.136. The molecule has 0 fully saturated rings. The van der Waals surface area contributed by atoms with E-state index in [4.69, 9.17) is 14.2 Å². The van der Waals surface area contributed by atoms with E-state index < -0.39 is 6.10 Å². The van der Waals surface area contributed by atoms with Gasteiger partial charge in [-0.1, -0.05) is 12.1 Å². The fraction of sp³-hybridized carbons (Fsp3) is 0.519. The summed E-state index contributed by atoms with van der Waals surface area (Å²) in [5.74, 6) is 1.44. The number of thiophene rings is 1. The van der Waals surface area contributed by atoms with E-state index in [0.717, 1.165) is 17.7 Å². The Morgan fingerprint density at radius 1 is 1.34 bits per heavy atom. The average molecular weight is 503 g/mol. The van der Waals surface area contributed by atoms with Crippen LogP contribution in [-0.2, 0) is 16.0 Å². The van der Waals surface area contributed by atoms with Gasteiger partial charge >= 0.3 is 0 Å². The SMILES string of the molecule is C=CCN(CC(=O)N1CCc2sccc2[C@H]1COc1cccc(OC)c1)C[C@@H](O)COC(C)(C)C. The first-order valence-corrected chi connectivity index (χ1v) is 12.9. The lowest BCUT2D eigenvalue weighted by atomic mass is 10.0. The van der Waals surface area contributed by atoms with Gasteiger partial charge in [0, 0.05) is 30.6 Å². The van der Waals surface area contributed by atoms with Gasteiger partial charge in [-0.25, -0.2) is 0 Å². The number of hydrogen-bond acceptors (Lipinski definition) is 7. The third kappa shape index (κ3) is 8.07. The number of nitrogens with zero attached hydrogens (tertiary/aromatic N) is 2. The summed E-state index contributed by atoms with van der Waals surface area (Å²) in [6.45, 7) is 11.9. The topological polar surface area (TPSA) is 71.5 Å². The number of carbonyl (C=O) groups is 1. The van der Waals surface area contributed by atoms with Crippen molar-refractivity contribution in [2.24, 2.45) is 0 Å². The Morgan fingerprint density at radius 2 is 2.11 bits per heavy atom. The zero-order chi connectivity index (χ0) is 25.4. The van der Waals surface area contributed by atoms with Crippen molar-refractivity contribution in [3.63, 3.8) is 0 Å². The van der Waals surface area contributed by atoms with E-state index >= 15 is 0 Å². The number of hydrogen-bond donors (Lipinski definition) is 1. The molecule has 7 nitrogen and oxygen atoms in total. The molecular formula is C27H38N2O5S. The normalized spacial score (nSPS) is 16.6. The molecule has 2 aromatic rings. The molecule has 8 heteroatoms. The Labute approximate surface area is 212 Å². The summed E-state index contributed by atoms with van der Waals surface area (Å²) in [6, 6.07) is 9.40. The molecule has 0 saturated heterocycles. The highest BCUT2D eigenvalue weighted by atomic mass is 32.1. The zero-order valence-electron chi connectivity index (χ0n) is 21.2. The minimum Gasteiger partial charge on any atom is -0.497 e. The maximum Gasteiger partial charge on any atom is 0.237 e. The predicted molar refractivity (Wildman–Crippen MR) is 139 cm³/mol. The Bertz CT molecular complexity index is 970. The van der Waals surface area contributed by atoms with Gasteiger partial charge in [0.2, 0.25) is 5.91 Å². The molecule has 0 unspecified atom stereocenters. The van der Waals surface area contributed by atoms with Crippen molar-refractivity contribution in [3.05, 3.63) is 58.8 Å². The van der Waals surface area contributed by atoms with Gasteiger partial charge < -0.3 is 24.2 Å². The molecule has 1 aromatic carbocycles. The first kappa shape index (κ1) is 27.2. The van der Waals surface area contributed by atoms with Crippen LogP contribution in [0.1, 0.15) is 37.3 Å². The van der Waals surface area contributed by atoms with E-state index in [1.54, 1.807) is 24.5 Å². The highest BCUT2D eigenvalue weighted by Crippen LogP contribution is 2.34. The summed E-state index contributed by atoms with van der Waals surface area (Å²) >= 11 is 1.72. The van der Waals surface area contributed by atoms with Crippen LogP contribution in [0.2, 0.25) is 0 Å². The fourth-order valence-corrected chi connectivity index (χ4v) is 5.03. The Kier molecular flexibility index (Phi) is 9.74. The average Bonchev–Trinajstić information content (AvgIpc) is 3.30. The number of aliphatic hydroxyl groups excluding tert-OH is 1. The standard InChI is InChI=1S/C27H38N2O5S/c1-6-12-28(16-20(30)18-34-27(2,3)4)17-26(31)29-13-10-25-23(11-14-35-25)24(29)19-33-22-9-7-8-21(15-22)32-5/h6-9,11,14-15,20,24,30H,1,10,12-13,16-19H2,2-5H3/t20-,24-/m1/s1. The second-order valence-electron chi connectivity index (χ2n) is 9.70. The molecule has 1 N–H and O–H groups in total. The van der Waals surface area contributed by atoms with Gasteiger partial charge in [-0.2, -0.15) is 0 Å². The van der Waals surface area contributed by atoms with Crippen LogP contribution in [0.5, 0.6) is 11.5 Å². The van der Waals surface area contributed by atoms with Crippen LogP contribution >= 0.6 is 11.3 Å². The smallest absolute Gasteiger partial charge is 0.237 e. The maximum absolute atomic E-state index is 13.5. The van der Waals surface area contributed by atoms with E-state index in [9.17, 15) is 9.90 Å². The Hall–Kier alpha value is -2.39. The predicted octanol–water partition coefficient (Wildman–Crippen LogP) is 3.93. The molecule has 192 valence electrons. The first-order valence-electron chi connectivity index (χ1n) is 12.0. The van der Waals surface area contributed by atoms with E-state index in [1.807, 2.05) is 54.8 Å². The van der Waals surface area contributed by atoms with Gasteiger partial charge in [0.05, 0.1) is 38.0 Å². The number of benzene rings is 1. The molecule has 0 radical (unpaired) electrons. The van der Waals surface area contributed by atoms with Crippen LogP contribution in [0.15, 0.2) is 48.4 Å². The summed E-state index contributed by atoms with van der Waals surface area (Å²) in [5, 5.41) is 12.6. The number of fused-ring (bicyclic) bond motifs is 1. The van der Waals surface area contributed by atoms with Crippen LogP contribution < -0.4 is 9.47 Å². The third-order valence-corrected chi connectivity index (χ3v) is 6.78. The van der Waals surface area contributed by atoms with Crippen molar-refractivity contribution in [1.29, 1.82) is 0 Å². The Morgan fingerprint density at radius 3 is 2.83 bits per heavy atom. The van der Waals surface area contributed by atoms with Crippen LogP contribution in [0.25, 0.3) is 0 Å². The first-order chi connectivity index (χ1) is 16.7. The molecule has 1 amide bonds. The van der Waals surface area contributed by atoms with Crippen LogP contribution in [0, 0.1) is 0 Å². The summed E-state index contributed by atoms with van der Waals surface area (Å²) in [7, 11) is 1.62. The summed E-state index contributed by atoms with van der Waals surface area (Å²) in [5.41, 5.74) is 0.814. The zero-order valence-corrected chi connectivity index (χ0v) is 22.1. The van der Waals surface area contributed by atoms with Gasteiger partial charge in [-0.15, -0.1) is 17.9 Å². The van der Waals surface area contributed by atoms with Gasteiger partial charge in [0.1, 0.15) is 18.1 Å². The molecule has 2 heterocycles. The lowest BCUT2D eigenvalue weighted by Crippen LogP contribution is -2.48. The van der Waals surface area contributed by atoms with Gasteiger partial charge in [0.25, 0.3) is 0 Å². The molecule has 1 aromatic heterocycles. The summed E-state index contributed by atoms with van der Waals surface area (Å²) in [6.07, 6.45) is 1.89. The number of amides is 1. The highest BCUT2D eigenvalue weighted by molar-refractivity contribution is 7.10. The van der Waals surface area contributed by atoms with Crippen molar-refractivity contribution in [3.8, 4) is 11.5 Å². The van der Waals surface area contributed by atoms with Crippen LogP contribution in [0.4, 0.5) is 0 Å². The van der Waals surface area contributed by atoms with Crippen LogP contribution in [0.3, 0.4) is 0 Å². The van der Waals surface area contributed by atoms with Gasteiger partial charge in [-0.05, 0) is 56.3 Å². The largest absolute Gasteiger partial charge is 0.497 e. The number of ether oxygens (including phenoxy) is 3. The van der Waals surface area contributed by atoms with Crippen molar-refractivity contribution in [2.75, 3.05) is 46.5 Å². The number of rotatable bonds is 12. The van der Waals surface area contributed by atoms with Crippen molar-refractivity contribution in [2.45, 2.75) is 44.9 Å². The van der Waals surface area contributed by atoms with Gasteiger partial charge in [-0.3, -0.25) is 9.69 Å². The molecule has 0 saturated carbocycles. The quantitative estimate of drug-likeness (QED) is 0.444. The minimum absolute atomic E-state index is 0.00637. The number of carbonyl (C=O) groups excluding carboxylic acids is 1. The van der Waals surface area contributed by atoms with Crippen molar-refractivity contribution >= 4 is 17.2 Å². The molecule has 2 atom stereocenters. The molecular weight excluding hydrogens is 464 g/mol. The van der Waals surface area contributed by atoms with Crippen LogP contribution in [-0.4, -0.2) is 79.0 Å². The summed E-state index contributed by atoms with van der Waals surface area (Å²) < 4.78 is 17.1. The van der Waals surface area contributed by atoms with Crippen molar-refractivity contribution < 1.29 is 24.1 Å². The summed E-state index contributed by atoms with van der Waals surface area (Å²) in [4.78, 5) is 18.6. The second kappa shape index (κ2) is 12.5. The Balaban J connectivity index is 1.68. The van der Waals surface area contributed by atoms with Crippen molar-refractivity contribution in [1.82, 2.24) is 9.80 Å². The molecule has 3 rings (SSSR count). The maximum atomic E-state index is 13.5. The lowest BCUT2D eigenvalue weighted by Gasteiger charge is -2.37. The van der Waals surface area contributed by atoms with E-state index in [2.05, 4.69) is 18.0 Å². The van der Waals surface area contributed by atoms with E-state index in [0.29, 0.717) is 32.0 Å².